The third kappa shape index (κ3) is 680. The fraction of sp³-hybridized carbons (Fsp3) is 0. The van der Waals surface area contributed by atoms with Gasteiger partial charge < -0.3 is 0 Å². The monoisotopic (exact) mass is 360 g/mol. The van der Waals surface area contributed by atoms with E-state index in [4.69, 9.17) is 55.9 Å². The van der Waals surface area contributed by atoms with Crippen LogP contribution in [0.1, 0.15) is 0 Å². The van der Waals surface area contributed by atoms with Gasteiger partial charge >= 0.3 is 74.4 Å². The third-order valence-electron chi connectivity index (χ3n) is 0. The maximum Gasteiger partial charge on any atom is 2.00 e. The molecule has 0 radical (unpaired) electrons. The maximum atomic E-state index is 8.49. The second-order valence-corrected chi connectivity index (χ2v) is 3.40. The molecule has 0 spiro atoms. The number of hydrogen-bond donors (Lipinski definition) is 0. The van der Waals surface area contributed by atoms with Crippen LogP contribution in [-0.4, -0.2) is 23.1 Å². The van der Waals surface area contributed by atoms with Gasteiger partial charge in [0.25, 0.3) is 0 Å². The predicted molar refractivity (Wildman–Crippen MR) is 5.75 cm³/mol. The molecule has 0 aliphatic carbocycles. The molecule has 17 heteroatoms. The molecule has 0 bridgehead atoms. The molecule has 17 heavy (non-hydrogen) atoms. The SMILES string of the molecule is [K+].[Mg+2].[O-][Cl+3]([O-])([O-])[O-].[O-][Cl+3]([O-])([O-])[O-].[O-][Cl+3]([O-])([O-])[O-]. The van der Waals surface area contributed by atoms with Crippen molar-refractivity contribution in [2.75, 3.05) is 0 Å². The van der Waals surface area contributed by atoms with Gasteiger partial charge in [-0.15, -0.1) is 30.7 Å². The first-order chi connectivity index (χ1) is 6.00. The van der Waals surface area contributed by atoms with Crippen LogP contribution >= 0.6 is 0 Å². The second-order valence-electron chi connectivity index (χ2n) is 1.13. The first kappa shape index (κ1) is 31.9. The van der Waals surface area contributed by atoms with Crippen molar-refractivity contribution in [2.24, 2.45) is 0 Å². The average Bonchev–Trinajstić information content (AvgIpc) is 1.41. The van der Waals surface area contributed by atoms with E-state index in [-0.39, 0.29) is 74.4 Å². The van der Waals surface area contributed by atoms with Crippen molar-refractivity contribution < 1.29 is 138 Å². The van der Waals surface area contributed by atoms with Crippen LogP contribution in [0, 0.1) is 30.7 Å². The van der Waals surface area contributed by atoms with E-state index in [1.807, 2.05) is 0 Å². The summed E-state index contributed by atoms with van der Waals surface area (Å²) in [4.78, 5) is 0. The minimum absolute atomic E-state index is 0. The summed E-state index contributed by atoms with van der Waals surface area (Å²) >= 11 is 0. The van der Waals surface area contributed by atoms with E-state index in [0.29, 0.717) is 0 Å². The molecule has 0 aliphatic rings. The molecule has 0 fully saturated rings. The molecule has 0 aliphatic heterocycles. The first-order valence-corrected chi connectivity index (χ1v) is 5.55. The van der Waals surface area contributed by atoms with Crippen LogP contribution in [0.3, 0.4) is 0 Å². The van der Waals surface area contributed by atoms with Crippen molar-refractivity contribution >= 4 is 23.1 Å². The Hall–Kier alpha value is 2.79. The Morgan fingerprint density at radius 3 is 0.353 bits per heavy atom. The summed E-state index contributed by atoms with van der Waals surface area (Å²) in [5.74, 6) is 0. The molecule has 0 heterocycles. The molecular formula is Cl3KMgO12. The van der Waals surface area contributed by atoms with Gasteiger partial charge in [0, 0.05) is 0 Å². The van der Waals surface area contributed by atoms with Crippen LogP contribution in [0.5, 0.6) is 0 Å². The maximum absolute atomic E-state index is 8.49. The second kappa shape index (κ2) is 13.8. The van der Waals surface area contributed by atoms with E-state index in [1.54, 1.807) is 0 Å². The molecule has 0 aromatic heterocycles. The molecule has 0 atom stereocenters. The van der Waals surface area contributed by atoms with E-state index in [2.05, 4.69) is 0 Å². The Labute approximate surface area is 158 Å². The van der Waals surface area contributed by atoms with E-state index in [0.717, 1.165) is 0 Å². The molecule has 0 amide bonds. The molecule has 0 aromatic carbocycles. The van der Waals surface area contributed by atoms with Crippen molar-refractivity contribution in [2.45, 2.75) is 0 Å². The average molecular weight is 362 g/mol. The summed E-state index contributed by atoms with van der Waals surface area (Å²) in [6, 6.07) is 0. The Morgan fingerprint density at radius 1 is 0.353 bits per heavy atom. The van der Waals surface area contributed by atoms with E-state index in [1.165, 1.54) is 0 Å². The van der Waals surface area contributed by atoms with Crippen LogP contribution in [0.15, 0.2) is 0 Å². The molecule has 0 saturated heterocycles. The smallest absolute Gasteiger partial charge is 0.222 e. The van der Waals surface area contributed by atoms with Gasteiger partial charge in [0.1, 0.15) is 0 Å². The standard InChI is InChI=1S/3ClHO4.K.Mg/c3*2-1(3,4)5;;/h3*(H,2,3,4,5);;/q;;;+1;+2/p-3. The summed E-state index contributed by atoms with van der Waals surface area (Å²) in [5, 5.41) is 0. The molecule has 0 rings (SSSR count). The molecular weight excluding hydrogens is 362 g/mol. The van der Waals surface area contributed by atoms with Crippen LogP contribution in [-0.2, 0) is 0 Å². The third-order valence-corrected chi connectivity index (χ3v) is 0. The first-order valence-electron chi connectivity index (χ1n) is 1.85. The van der Waals surface area contributed by atoms with Gasteiger partial charge in [-0.3, -0.25) is 0 Å². The summed E-state index contributed by atoms with van der Waals surface area (Å²) < 4.78 is 102. The van der Waals surface area contributed by atoms with E-state index in [9.17, 15) is 0 Å². The van der Waals surface area contributed by atoms with Crippen LogP contribution < -0.4 is 107 Å². The topological polar surface area (TPSA) is 277 Å². The molecule has 12 nitrogen and oxygen atoms in total. The number of hydrogen-bond acceptors (Lipinski definition) is 12. The van der Waals surface area contributed by atoms with Crippen LogP contribution in [0.25, 0.3) is 0 Å². The zero-order valence-electron chi connectivity index (χ0n) is 7.74. The van der Waals surface area contributed by atoms with Gasteiger partial charge in [-0.1, -0.05) is 0 Å². The predicted octanol–water partition coefficient (Wildman–Crippen LogP) is -17.6. The molecule has 96 valence electrons. The van der Waals surface area contributed by atoms with Crippen molar-refractivity contribution in [3.8, 4) is 0 Å². The van der Waals surface area contributed by atoms with Crippen LogP contribution in [0.4, 0.5) is 0 Å². The van der Waals surface area contributed by atoms with E-state index < -0.39 is 30.7 Å². The van der Waals surface area contributed by atoms with Gasteiger partial charge in [0.15, 0.2) is 0 Å². The Kier molecular flexibility index (Phi) is 25.9. The molecule has 0 saturated carbocycles. The Bertz CT molecular complexity index is 96.8. The van der Waals surface area contributed by atoms with Crippen molar-refractivity contribution in [1.29, 1.82) is 0 Å². The Morgan fingerprint density at radius 2 is 0.353 bits per heavy atom. The summed E-state index contributed by atoms with van der Waals surface area (Å²) in [7, 11) is -14.8. The largest absolute Gasteiger partial charge is 2.00 e. The summed E-state index contributed by atoms with van der Waals surface area (Å²) in [5.41, 5.74) is 0. The summed E-state index contributed by atoms with van der Waals surface area (Å²) in [6.45, 7) is 0. The molecule has 0 aromatic rings. The van der Waals surface area contributed by atoms with Crippen molar-refractivity contribution in [3.05, 3.63) is 0 Å². The minimum Gasteiger partial charge on any atom is -0.222 e. The van der Waals surface area contributed by atoms with Crippen LogP contribution in [0.2, 0.25) is 0 Å². The van der Waals surface area contributed by atoms with E-state index >= 15 is 0 Å². The summed E-state index contributed by atoms with van der Waals surface area (Å²) in [6.07, 6.45) is 0. The number of rotatable bonds is 0. The molecule has 0 N–H and O–H groups in total. The molecule has 0 unspecified atom stereocenters. The van der Waals surface area contributed by atoms with Gasteiger partial charge in [-0.05, 0) is 0 Å². The normalized spacial score (nSPS) is 10.6. The Balaban J connectivity index is -0.0000000400. The van der Waals surface area contributed by atoms with Gasteiger partial charge in [-0.25, -0.2) is 55.9 Å². The number of halogens is 3. The van der Waals surface area contributed by atoms with Gasteiger partial charge in [-0.2, -0.15) is 0 Å². The van der Waals surface area contributed by atoms with Crippen molar-refractivity contribution in [3.63, 3.8) is 0 Å². The quantitative estimate of drug-likeness (QED) is 0.363. The van der Waals surface area contributed by atoms with Gasteiger partial charge in [0.2, 0.25) is 0 Å². The van der Waals surface area contributed by atoms with Gasteiger partial charge in [0.05, 0.1) is 0 Å². The zero-order chi connectivity index (χ0) is 13.5. The van der Waals surface area contributed by atoms with Crippen molar-refractivity contribution in [1.82, 2.24) is 0 Å². The fourth-order valence-electron chi connectivity index (χ4n) is 0. The fourth-order valence-corrected chi connectivity index (χ4v) is 0. The minimum atomic E-state index is -4.94. The zero-order valence-corrected chi connectivity index (χ0v) is 14.5.